The van der Waals surface area contributed by atoms with Gasteiger partial charge in [-0.2, -0.15) is 13.2 Å². The Balaban J connectivity index is 1.67. The predicted molar refractivity (Wildman–Crippen MR) is 77.4 cm³/mol. The SMILES string of the molecule is OCC1CCN(Cc2coc(-c3ccc(C(F)(F)F)cc3)n2)C1. The Bertz CT molecular complexity index is 652. The first kappa shape index (κ1) is 16.0. The molecule has 0 saturated carbocycles. The Morgan fingerprint density at radius 1 is 1.26 bits per heavy atom. The normalized spacial score (nSPS) is 19.4. The van der Waals surface area contributed by atoms with Crippen LogP contribution in [0.4, 0.5) is 13.2 Å². The van der Waals surface area contributed by atoms with Crippen molar-refractivity contribution in [2.24, 2.45) is 5.92 Å². The third-order valence-electron chi connectivity index (χ3n) is 4.02. The molecular weight excluding hydrogens is 309 g/mol. The number of hydrogen-bond acceptors (Lipinski definition) is 4. The lowest BCUT2D eigenvalue weighted by Crippen LogP contribution is -2.21. The van der Waals surface area contributed by atoms with Crippen molar-refractivity contribution in [1.82, 2.24) is 9.88 Å². The van der Waals surface area contributed by atoms with Gasteiger partial charge in [-0.1, -0.05) is 0 Å². The van der Waals surface area contributed by atoms with Gasteiger partial charge in [0.05, 0.1) is 11.3 Å². The molecule has 1 aliphatic rings. The van der Waals surface area contributed by atoms with Crippen molar-refractivity contribution < 1.29 is 22.7 Å². The lowest BCUT2D eigenvalue weighted by molar-refractivity contribution is -0.137. The third-order valence-corrected chi connectivity index (χ3v) is 4.02. The molecule has 4 nitrogen and oxygen atoms in total. The first-order valence-corrected chi connectivity index (χ1v) is 7.41. The highest BCUT2D eigenvalue weighted by Gasteiger charge is 2.30. The fraction of sp³-hybridized carbons (Fsp3) is 0.438. The average molecular weight is 326 g/mol. The second-order valence-corrected chi connectivity index (χ2v) is 5.79. The Hall–Kier alpha value is -1.86. The van der Waals surface area contributed by atoms with Crippen LogP contribution in [-0.4, -0.2) is 34.7 Å². The Labute approximate surface area is 131 Å². The number of halogens is 3. The van der Waals surface area contributed by atoms with Crippen LogP contribution in [0, 0.1) is 5.92 Å². The summed E-state index contributed by atoms with van der Waals surface area (Å²) in [6.45, 7) is 2.51. The van der Waals surface area contributed by atoms with E-state index in [4.69, 9.17) is 9.52 Å². The minimum absolute atomic E-state index is 0.187. The van der Waals surface area contributed by atoms with Gasteiger partial charge < -0.3 is 9.52 Å². The topological polar surface area (TPSA) is 49.5 Å². The molecule has 23 heavy (non-hydrogen) atoms. The molecule has 1 unspecified atom stereocenters. The smallest absolute Gasteiger partial charge is 0.416 e. The Morgan fingerprint density at radius 2 is 2.00 bits per heavy atom. The molecule has 0 aliphatic carbocycles. The fourth-order valence-corrected chi connectivity index (χ4v) is 2.75. The quantitative estimate of drug-likeness (QED) is 0.937. The van der Waals surface area contributed by atoms with Crippen molar-refractivity contribution in [1.29, 1.82) is 0 Å². The van der Waals surface area contributed by atoms with Crippen LogP contribution in [0.5, 0.6) is 0 Å². The monoisotopic (exact) mass is 326 g/mol. The van der Waals surface area contributed by atoms with Gasteiger partial charge in [0, 0.05) is 25.3 Å². The van der Waals surface area contributed by atoms with Crippen LogP contribution < -0.4 is 0 Å². The standard InChI is InChI=1S/C16H17F3N2O2/c17-16(18,19)13-3-1-12(2-4-13)15-20-14(10-23-15)8-21-6-5-11(7-21)9-22/h1-4,10-11,22H,5-9H2. The molecule has 1 aromatic carbocycles. The second kappa shape index (κ2) is 6.33. The van der Waals surface area contributed by atoms with Gasteiger partial charge in [-0.05, 0) is 43.1 Å². The van der Waals surface area contributed by atoms with Crippen molar-refractivity contribution in [3.8, 4) is 11.5 Å². The maximum Gasteiger partial charge on any atom is 0.416 e. The van der Waals surface area contributed by atoms with Gasteiger partial charge in [0.1, 0.15) is 6.26 Å². The van der Waals surface area contributed by atoms with Gasteiger partial charge in [0.2, 0.25) is 5.89 Å². The van der Waals surface area contributed by atoms with Crippen molar-refractivity contribution in [2.75, 3.05) is 19.7 Å². The maximum atomic E-state index is 12.6. The molecule has 0 radical (unpaired) electrons. The fourth-order valence-electron chi connectivity index (χ4n) is 2.75. The molecule has 0 spiro atoms. The molecule has 7 heteroatoms. The first-order chi connectivity index (χ1) is 11.0. The van der Waals surface area contributed by atoms with E-state index in [0.29, 0.717) is 23.9 Å². The van der Waals surface area contributed by atoms with E-state index in [0.717, 1.165) is 37.3 Å². The van der Waals surface area contributed by atoms with Gasteiger partial charge in [-0.3, -0.25) is 4.90 Å². The summed E-state index contributed by atoms with van der Waals surface area (Å²) in [5.41, 5.74) is 0.553. The molecule has 3 rings (SSSR count). The molecule has 1 atom stereocenters. The molecule has 1 aromatic heterocycles. The number of rotatable bonds is 4. The summed E-state index contributed by atoms with van der Waals surface area (Å²) >= 11 is 0. The maximum absolute atomic E-state index is 12.6. The Morgan fingerprint density at radius 3 is 2.61 bits per heavy atom. The van der Waals surface area contributed by atoms with E-state index in [2.05, 4.69) is 9.88 Å². The van der Waals surface area contributed by atoms with Crippen molar-refractivity contribution in [3.05, 3.63) is 41.8 Å². The number of aromatic nitrogens is 1. The number of aliphatic hydroxyl groups is 1. The van der Waals surface area contributed by atoms with E-state index in [9.17, 15) is 13.2 Å². The summed E-state index contributed by atoms with van der Waals surface area (Å²) < 4.78 is 43.0. The van der Waals surface area contributed by atoms with E-state index in [1.54, 1.807) is 0 Å². The van der Waals surface area contributed by atoms with Gasteiger partial charge >= 0.3 is 6.18 Å². The van der Waals surface area contributed by atoms with Gasteiger partial charge in [-0.15, -0.1) is 0 Å². The van der Waals surface area contributed by atoms with Crippen LogP contribution in [0.1, 0.15) is 17.7 Å². The summed E-state index contributed by atoms with van der Waals surface area (Å²) in [7, 11) is 0. The molecule has 124 valence electrons. The molecule has 0 bridgehead atoms. The minimum Gasteiger partial charge on any atom is -0.444 e. The zero-order valence-corrected chi connectivity index (χ0v) is 12.4. The highest BCUT2D eigenvalue weighted by atomic mass is 19.4. The van der Waals surface area contributed by atoms with E-state index in [1.165, 1.54) is 18.4 Å². The van der Waals surface area contributed by atoms with Crippen LogP contribution in [-0.2, 0) is 12.7 Å². The van der Waals surface area contributed by atoms with Gasteiger partial charge in [0.25, 0.3) is 0 Å². The van der Waals surface area contributed by atoms with Crippen LogP contribution in [0.3, 0.4) is 0 Å². The Kier molecular flexibility index (Phi) is 4.41. The summed E-state index contributed by atoms with van der Waals surface area (Å²) in [4.78, 5) is 6.51. The molecular formula is C16H17F3N2O2. The minimum atomic E-state index is -4.35. The number of hydrogen-bond donors (Lipinski definition) is 1. The number of aliphatic hydroxyl groups excluding tert-OH is 1. The largest absolute Gasteiger partial charge is 0.444 e. The number of oxazole rings is 1. The summed E-state index contributed by atoms with van der Waals surface area (Å²) in [5.74, 6) is 0.614. The second-order valence-electron chi connectivity index (χ2n) is 5.79. The molecule has 1 saturated heterocycles. The number of benzene rings is 1. The molecule has 2 heterocycles. The molecule has 2 aromatic rings. The lowest BCUT2D eigenvalue weighted by atomic mass is 10.1. The first-order valence-electron chi connectivity index (χ1n) is 7.41. The van der Waals surface area contributed by atoms with Gasteiger partial charge in [-0.25, -0.2) is 4.98 Å². The molecule has 1 fully saturated rings. The van der Waals surface area contributed by atoms with Crippen molar-refractivity contribution in [2.45, 2.75) is 19.1 Å². The van der Waals surface area contributed by atoms with Crippen LogP contribution in [0.2, 0.25) is 0 Å². The summed E-state index contributed by atoms with van der Waals surface area (Å²) in [6.07, 6.45) is -1.86. The highest BCUT2D eigenvalue weighted by Crippen LogP contribution is 2.31. The van der Waals surface area contributed by atoms with Crippen LogP contribution >= 0.6 is 0 Å². The van der Waals surface area contributed by atoms with Crippen LogP contribution in [0.25, 0.3) is 11.5 Å². The zero-order valence-electron chi connectivity index (χ0n) is 12.4. The van der Waals surface area contributed by atoms with Crippen molar-refractivity contribution >= 4 is 0 Å². The summed E-state index contributed by atoms with van der Waals surface area (Å²) in [5, 5.41) is 9.14. The average Bonchev–Trinajstić information content (AvgIpc) is 3.16. The van der Waals surface area contributed by atoms with Crippen LogP contribution in [0.15, 0.2) is 34.9 Å². The number of alkyl halides is 3. The van der Waals surface area contributed by atoms with E-state index in [-0.39, 0.29) is 6.61 Å². The number of nitrogens with zero attached hydrogens (tertiary/aromatic N) is 2. The van der Waals surface area contributed by atoms with E-state index < -0.39 is 11.7 Å². The molecule has 1 N–H and O–H groups in total. The predicted octanol–water partition coefficient (Wildman–Crippen LogP) is 3.17. The van der Waals surface area contributed by atoms with Gasteiger partial charge in [0.15, 0.2) is 0 Å². The van der Waals surface area contributed by atoms with Crippen molar-refractivity contribution in [3.63, 3.8) is 0 Å². The summed E-state index contributed by atoms with van der Waals surface area (Å²) in [6, 6.07) is 4.75. The molecule has 0 amide bonds. The molecule has 1 aliphatic heterocycles. The third kappa shape index (κ3) is 3.73. The highest BCUT2D eigenvalue weighted by molar-refractivity contribution is 5.53. The zero-order chi connectivity index (χ0) is 16.4. The van der Waals surface area contributed by atoms with E-state index >= 15 is 0 Å². The van der Waals surface area contributed by atoms with E-state index in [1.807, 2.05) is 0 Å². The lowest BCUT2D eigenvalue weighted by Gasteiger charge is -2.12. The number of likely N-dealkylation sites (tertiary alicyclic amines) is 1.